The molecular weight excluding hydrogens is 338 g/mol. The summed E-state index contributed by atoms with van der Waals surface area (Å²) in [6.07, 6.45) is -0.651. The smallest absolute Gasteiger partial charge is 0.309 e. The standard InChI is InChI=1S/C17H23N5O4/c1-7(2)14(23)21-17-20-13-12(15(24)22-17)19-11(9(5)18-13)10(6)26-16(25)8(3)4/h7-8,10H,1-6H3,(H2,18,20,21,22,23,24)/t10-/m1/s1. The molecule has 9 heteroatoms. The number of rotatable bonds is 5. The van der Waals surface area contributed by atoms with Crippen molar-refractivity contribution in [1.82, 2.24) is 19.9 Å². The topological polar surface area (TPSA) is 127 Å². The molecule has 9 nitrogen and oxygen atoms in total. The van der Waals surface area contributed by atoms with Crippen LogP contribution in [0.2, 0.25) is 0 Å². The zero-order valence-corrected chi connectivity index (χ0v) is 15.7. The Balaban J connectivity index is 2.42. The molecule has 0 unspecified atom stereocenters. The van der Waals surface area contributed by atoms with Gasteiger partial charge in [0.25, 0.3) is 5.56 Å². The van der Waals surface area contributed by atoms with Crippen molar-refractivity contribution in [1.29, 1.82) is 0 Å². The first kappa shape index (κ1) is 19.5. The van der Waals surface area contributed by atoms with E-state index in [4.69, 9.17) is 4.74 Å². The van der Waals surface area contributed by atoms with Gasteiger partial charge in [-0.15, -0.1) is 0 Å². The van der Waals surface area contributed by atoms with Crippen LogP contribution in [0.3, 0.4) is 0 Å². The fourth-order valence-corrected chi connectivity index (χ4v) is 2.12. The summed E-state index contributed by atoms with van der Waals surface area (Å²) in [5.74, 6) is -1.16. The summed E-state index contributed by atoms with van der Waals surface area (Å²) in [4.78, 5) is 51.0. The van der Waals surface area contributed by atoms with Crippen molar-refractivity contribution in [2.75, 3.05) is 5.32 Å². The Kier molecular flexibility index (Phi) is 5.69. The lowest BCUT2D eigenvalue weighted by Crippen LogP contribution is -2.23. The Morgan fingerprint density at radius 1 is 1.04 bits per heavy atom. The van der Waals surface area contributed by atoms with Gasteiger partial charge >= 0.3 is 5.97 Å². The summed E-state index contributed by atoms with van der Waals surface area (Å²) in [7, 11) is 0. The van der Waals surface area contributed by atoms with Crippen LogP contribution in [-0.2, 0) is 14.3 Å². The summed E-state index contributed by atoms with van der Waals surface area (Å²) in [5.41, 5.74) is 0.459. The van der Waals surface area contributed by atoms with Crippen molar-refractivity contribution in [3.05, 3.63) is 21.7 Å². The molecule has 0 saturated heterocycles. The highest BCUT2D eigenvalue weighted by atomic mass is 16.5. The predicted octanol–water partition coefficient (Wildman–Crippen LogP) is 1.88. The number of nitrogens with zero attached hydrogens (tertiary/aromatic N) is 3. The molecule has 0 spiro atoms. The number of hydrogen-bond donors (Lipinski definition) is 2. The third kappa shape index (κ3) is 4.22. The summed E-state index contributed by atoms with van der Waals surface area (Å²) < 4.78 is 5.34. The molecule has 0 aliphatic carbocycles. The normalized spacial score (nSPS) is 12.5. The van der Waals surface area contributed by atoms with E-state index in [1.165, 1.54) is 0 Å². The number of amides is 1. The van der Waals surface area contributed by atoms with Gasteiger partial charge in [0.1, 0.15) is 11.8 Å². The van der Waals surface area contributed by atoms with Crippen LogP contribution in [0.1, 0.15) is 52.1 Å². The Labute approximate surface area is 150 Å². The molecule has 2 rings (SSSR count). The quantitative estimate of drug-likeness (QED) is 0.778. The van der Waals surface area contributed by atoms with Crippen LogP contribution in [0.5, 0.6) is 0 Å². The second kappa shape index (κ2) is 7.59. The first-order valence-electron chi connectivity index (χ1n) is 8.40. The van der Waals surface area contributed by atoms with Crippen molar-refractivity contribution in [2.45, 2.75) is 47.6 Å². The third-order valence-corrected chi connectivity index (χ3v) is 3.67. The van der Waals surface area contributed by atoms with Gasteiger partial charge in [-0.3, -0.25) is 24.7 Å². The van der Waals surface area contributed by atoms with Crippen LogP contribution in [-0.4, -0.2) is 31.8 Å². The molecule has 2 aromatic rings. The SMILES string of the molecule is Cc1nc2nc(NC(=O)C(C)C)[nH]c(=O)c2nc1[C@@H](C)OC(=O)C(C)C. The van der Waals surface area contributed by atoms with Crippen LogP contribution < -0.4 is 10.9 Å². The van der Waals surface area contributed by atoms with Gasteiger partial charge in [0.05, 0.1) is 11.6 Å². The number of anilines is 1. The lowest BCUT2D eigenvalue weighted by molar-refractivity contribution is -0.152. The van der Waals surface area contributed by atoms with E-state index < -0.39 is 11.7 Å². The second-order valence-electron chi connectivity index (χ2n) is 6.66. The number of nitrogens with one attached hydrogen (secondary N) is 2. The molecule has 0 radical (unpaired) electrons. The van der Waals surface area contributed by atoms with Crippen molar-refractivity contribution < 1.29 is 14.3 Å². The van der Waals surface area contributed by atoms with Gasteiger partial charge in [0, 0.05) is 5.92 Å². The Morgan fingerprint density at radius 2 is 1.69 bits per heavy atom. The molecule has 26 heavy (non-hydrogen) atoms. The van der Waals surface area contributed by atoms with E-state index in [2.05, 4.69) is 25.3 Å². The van der Waals surface area contributed by atoms with E-state index in [0.29, 0.717) is 11.4 Å². The number of hydrogen-bond acceptors (Lipinski definition) is 7. The van der Waals surface area contributed by atoms with Gasteiger partial charge in [-0.2, -0.15) is 4.98 Å². The number of H-pyrrole nitrogens is 1. The molecule has 0 aliphatic rings. The lowest BCUT2D eigenvalue weighted by Gasteiger charge is -2.16. The van der Waals surface area contributed by atoms with E-state index in [0.717, 1.165) is 0 Å². The van der Waals surface area contributed by atoms with Crippen LogP contribution in [0.15, 0.2) is 4.79 Å². The molecule has 0 aromatic carbocycles. The van der Waals surface area contributed by atoms with Crippen molar-refractivity contribution in [2.24, 2.45) is 11.8 Å². The molecule has 1 amide bonds. The Morgan fingerprint density at radius 3 is 2.27 bits per heavy atom. The van der Waals surface area contributed by atoms with Gasteiger partial charge in [0.2, 0.25) is 11.9 Å². The molecular formula is C17H23N5O4. The Bertz CT molecular complexity index is 904. The number of carbonyl (C=O) groups is 2. The van der Waals surface area contributed by atoms with Crippen LogP contribution >= 0.6 is 0 Å². The average Bonchev–Trinajstić information content (AvgIpc) is 2.53. The molecule has 0 bridgehead atoms. The highest BCUT2D eigenvalue weighted by Crippen LogP contribution is 2.20. The predicted molar refractivity (Wildman–Crippen MR) is 95.5 cm³/mol. The fourth-order valence-electron chi connectivity index (χ4n) is 2.12. The highest BCUT2D eigenvalue weighted by molar-refractivity contribution is 5.90. The number of esters is 1. The fraction of sp³-hybridized carbons (Fsp3) is 0.529. The maximum atomic E-state index is 12.3. The maximum absolute atomic E-state index is 12.3. The molecule has 2 N–H and O–H groups in total. The molecule has 2 heterocycles. The minimum absolute atomic E-state index is 0.0144. The minimum Gasteiger partial charge on any atom is -0.456 e. The molecule has 0 saturated carbocycles. The highest BCUT2D eigenvalue weighted by Gasteiger charge is 2.20. The Hall–Kier alpha value is -2.84. The van der Waals surface area contributed by atoms with Crippen LogP contribution in [0.4, 0.5) is 5.95 Å². The van der Waals surface area contributed by atoms with Crippen molar-refractivity contribution in [3.63, 3.8) is 0 Å². The van der Waals surface area contributed by atoms with Crippen molar-refractivity contribution >= 4 is 29.0 Å². The molecule has 0 aliphatic heterocycles. The van der Waals surface area contributed by atoms with E-state index in [1.54, 1.807) is 41.5 Å². The van der Waals surface area contributed by atoms with Gasteiger partial charge < -0.3 is 4.74 Å². The van der Waals surface area contributed by atoms with E-state index in [1.807, 2.05) is 0 Å². The average molecular weight is 361 g/mol. The van der Waals surface area contributed by atoms with Crippen LogP contribution in [0, 0.1) is 18.8 Å². The third-order valence-electron chi connectivity index (χ3n) is 3.67. The first-order chi connectivity index (χ1) is 12.1. The number of aromatic nitrogens is 4. The molecule has 0 fully saturated rings. The largest absolute Gasteiger partial charge is 0.456 e. The molecule has 140 valence electrons. The minimum atomic E-state index is -0.651. The summed E-state index contributed by atoms with van der Waals surface area (Å²) >= 11 is 0. The van der Waals surface area contributed by atoms with Gasteiger partial charge in [0.15, 0.2) is 11.2 Å². The first-order valence-corrected chi connectivity index (χ1v) is 8.40. The maximum Gasteiger partial charge on any atom is 0.309 e. The number of ether oxygens (including phenoxy) is 1. The second-order valence-corrected chi connectivity index (χ2v) is 6.66. The summed E-state index contributed by atoms with van der Waals surface area (Å²) in [5, 5.41) is 2.53. The number of aromatic amines is 1. The zero-order chi connectivity index (χ0) is 19.6. The van der Waals surface area contributed by atoms with E-state index in [9.17, 15) is 14.4 Å². The van der Waals surface area contributed by atoms with E-state index in [-0.39, 0.29) is 40.8 Å². The van der Waals surface area contributed by atoms with Gasteiger partial charge in [-0.25, -0.2) is 9.97 Å². The summed E-state index contributed by atoms with van der Waals surface area (Å²) in [6.45, 7) is 10.3. The van der Waals surface area contributed by atoms with Gasteiger partial charge in [-0.05, 0) is 13.8 Å². The monoisotopic (exact) mass is 361 g/mol. The van der Waals surface area contributed by atoms with Gasteiger partial charge in [-0.1, -0.05) is 27.7 Å². The molecule has 2 aromatic heterocycles. The number of fused-ring (bicyclic) bond motifs is 1. The number of carbonyl (C=O) groups excluding carboxylic acids is 2. The lowest BCUT2D eigenvalue weighted by atomic mass is 10.2. The van der Waals surface area contributed by atoms with Crippen molar-refractivity contribution in [3.8, 4) is 0 Å². The zero-order valence-electron chi connectivity index (χ0n) is 15.7. The summed E-state index contributed by atoms with van der Waals surface area (Å²) in [6, 6.07) is 0. The molecule has 1 atom stereocenters. The van der Waals surface area contributed by atoms with Crippen LogP contribution in [0.25, 0.3) is 11.2 Å². The van der Waals surface area contributed by atoms with E-state index >= 15 is 0 Å². The number of aryl methyl sites for hydroxylation is 1.